The van der Waals surface area contributed by atoms with Crippen LogP contribution in [0.25, 0.3) is 28.4 Å². The number of ether oxygens (including phenoxy) is 5. The number of nitrogens with zero attached hydrogens (tertiary/aromatic N) is 20. The molecule has 5 aromatic heterocycles. The van der Waals surface area contributed by atoms with Gasteiger partial charge in [-0.15, -0.1) is 30.3 Å². The van der Waals surface area contributed by atoms with E-state index in [0.29, 0.717) is 34.0 Å². The molecule has 0 saturated heterocycles. The van der Waals surface area contributed by atoms with Crippen molar-refractivity contribution >= 4 is 80.6 Å². The molecule has 0 aliphatic rings. The summed E-state index contributed by atoms with van der Waals surface area (Å²) in [6.07, 6.45) is 2.44. The van der Waals surface area contributed by atoms with E-state index in [1.54, 1.807) is 42.5 Å². The standard InChI is InChI=1S/2C18H17ClFN4O2.C17H15ClFN4O2.C16H13ClFN4O2.C15H10ClFIN4O2.5Y/c1-11(2)13-5-4-6-16(24-18(25)23(3)21-22-24)14(13)10-26-17-9-12(20)7-8-15(17)19;1-3-5-12-6-4-7-16(24-18(25)23(2)21-22-24)14(12)11-26-17-10-13(20)8-9-15(17)19;1-3-11-5-4-6-15(23-17(24)22(2)20-21-23)13(11)10-25-16-9-12(19)7-8-14(16)18;1-10-4-3-5-14(22-16(23)21(2)19-20-22)12(10)9-24-15-8-11(18)6-7-13(15)17;1-21-15(23)22(20-19-21)13-4-2-3-12(18)10(13)8-24-14-7-9(17)5-6-11(14)16;;;;;/h4-6,8-9,11H,10H2,1-3H3;4,6-7,9-10H,3,5,11H2,1-2H3;4-6,8-9H,3,10H2,1-2H3;3-5,7-8H,9H2,1-2H3;2-4,6-7H,8H2,1H3;;;;;/q5*-1;;;;;. The number of aryl methyl sites for hydroxylation is 8. The molecule has 0 unspecified atom stereocenters. The summed E-state index contributed by atoms with van der Waals surface area (Å²) in [5, 5.41) is 39.3. The molecule has 0 spiro atoms. The van der Waals surface area contributed by atoms with E-state index in [9.17, 15) is 45.9 Å². The van der Waals surface area contributed by atoms with Gasteiger partial charge < -0.3 is 23.7 Å². The first-order chi connectivity index (χ1) is 59.8. The second-order valence-electron chi connectivity index (χ2n) is 27.1. The van der Waals surface area contributed by atoms with Gasteiger partial charge in [0.05, 0.1) is 28.4 Å². The van der Waals surface area contributed by atoms with E-state index in [-0.39, 0.29) is 285 Å². The zero-order chi connectivity index (χ0) is 90.0. The Morgan fingerprint density at radius 1 is 0.354 bits per heavy atom. The molecule has 0 bridgehead atoms. The van der Waals surface area contributed by atoms with Gasteiger partial charge in [0, 0.05) is 288 Å². The molecule has 0 amide bonds. The Bertz CT molecular complexity index is 6560. The second kappa shape index (κ2) is 52.7. The Morgan fingerprint density at radius 3 is 0.908 bits per heavy atom. The van der Waals surface area contributed by atoms with Crippen LogP contribution in [0.2, 0.25) is 25.1 Å². The first-order valence-corrected chi connectivity index (χ1v) is 40.4. The average molecular weight is 2370 g/mol. The predicted octanol–water partition coefficient (Wildman–Crippen LogP) is 14.2. The van der Waals surface area contributed by atoms with Crippen LogP contribution in [-0.2, 0) is 245 Å². The van der Waals surface area contributed by atoms with Crippen LogP contribution in [0.1, 0.15) is 90.1 Å². The van der Waals surface area contributed by atoms with Crippen LogP contribution in [0.3, 0.4) is 0 Å². The van der Waals surface area contributed by atoms with Gasteiger partial charge in [-0.25, -0.2) is 45.9 Å². The van der Waals surface area contributed by atoms with Crippen molar-refractivity contribution in [3.63, 3.8) is 0 Å². The molecule has 15 rings (SSSR count). The topological polar surface area (TPSA) is 310 Å². The van der Waals surface area contributed by atoms with E-state index < -0.39 is 29.1 Å². The van der Waals surface area contributed by atoms with Crippen molar-refractivity contribution in [3.8, 4) is 57.2 Å². The first-order valence-electron chi connectivity index (χ1n) is 37.5. The predicted molar refractivity (Wildman–Crippen MR) is 461 cm³/mol. The molecule has 0 aliphatic heterocycles. The fourth-order valence-electron chi connectivity index (χ4n) is 12.0. The minimum absolute atomic E-state index is 0. The quantitative estimate of drug-likeness (QED) is 0.0308. The third-order valence-electron chi connectivity index (χ3n) is 18.4. The largest absolute Gasteiger partial charge is 0.513 e. The Kier molecular flexibility index (Phi) is 45.2. The van der Waals surface area contributed by atoms with Crippen LogP contribution in [0, 0.1) is 69.9 Å². The van der Waals surface area contributed by atoms with E-state index in [4.69, 9.17) is 81.7 Å². The van der Waals surface area contributed by atoms with E-state index >= 15 is 0 Å². The van der Waals surface area contributed by atoms with Crippen LogP contribution in [0.5, 0.6) is 28.7 Å². The van der Waals surface area contributed by atoms with Crippen molar-refractivity contribution in [2.24, 2.45) is 35.2 Å². The maximum absolute atomic E-state index is 13.4. The SMILES string of the molecule is CC(C)c1cccc(-n2nnn(C)c2=O)c1COc1cc(F)[c-]cc1Cl.CCCc1cccc(-n2nnn(C)c2=O)c1COc1cc(F)[c-]cc1Cl.CCc1cccc(-n2nnn(C)c2=O)c1COc1cc(F)[c-]cc1Cl.Cc1cccc(-n2nnn(C)c2=O)c1COc1cc(F)[c-]cc1Cl.Cn1nnn(-c2cccc(I)c2COc2cc(F)[c-]cc2Cl)c1=O.[Y].[Y].[Y].[Y].[Y]. The van der Waals surface area contributed by atoms with Crippen LogP contribution >= 0.6 is 80.6 Å². The molecule has 0 saturated carbocycles. The molecule has 15 aromatic rings. The maximum atomic E-state index is 13.4. The summed E-state index contributed by atoms with van der Waals surface area (Å²) in [7, 11) is 7.60. The average Bonchev–Trinajstić information content (AvgIpc) is 1.55. The summed E-state index contributed by atoms with van der Waals surface area (Å²) in [5.41, 5.74) is 8.55. The molecule has 665 valence electrons. The number of tetrazole rings is 5. The second-order valence-corrected chi connectivity index (χ2v) is 30.3. The molecule has 10 aromatic carbocycles. The number of rotatable bonds is 24. The van der Waals surface area contributed by atoms with Gasteiger partial charge in [0.25, 0.3) is 0 Å². The van der Waals surface area contributed by atoms with Crippen molar-refractivity contribution < 1.29 is 209 Å². The van der Waals surface area contributed by atoms with E-state index in [0.717, 1.165) is 103 Å². The number of aromatic nitrogens is 20. The van der Waals surface area contributed by atoms with E-state index in [1.165, 1.54) is 107 Å². The molecular weight excluding hydrogens is 2290 g/mol. The van der Waals surface area contributed by atoms with Gasteiger partial charge in [0.15, 0.2) is 0 Å². The van der Waals surface area contributed by atoms with Gasteiger partial charge in [0.1, 0.15) is 33.0 Å². The van der Waals surface area contributed by atoms with Gasteiger partial charge in [-0.2, -0.15) is 135 Å². The summed E-state index contributed by atoms with van der Waals surface area (Å²) in [6.45, 7) is 10.5. The van der Waals surface area contributed by atoms with Gasteiger partial charge in [-0.05, 0) is 184 Å². The van der Waals surface area contributed by atoms with Crippen LogP contribution in [0.4, 0.5) is 22.0 Å². The summed E-state index contributed by atoms with van der Waals surface area (Å²) < 4.78 is 108. The van der Waals surface area contributed by atoms with Crippen molar-refractivity contribution in [2.75, 3.05) is 0 Å². The van der Waals surface area contributed by atoms with E-state index in [2.05, 4.69) is 112 Å². The molecular formula is C84H72Cl5F5IN20O10Y5-5. The molecule has 5 heterocycles. The molecule has 46 heteroatoms. The Morgan fingerprint density at radius 2 is 0.608 bits per heavy atom. The van der Waals surface area contributed by atoms with E-state index in [1.807, 2.05) is 76.2 Å². The third-order valence-corrected chi connectivity index (χ3v) is 20.9. The summed E-state index contributed by atoms with van der Waals surface area (Å²) in [5.74, 6) is -1.60. The first kappa shape index (κ1) is 112. The molecule has 0 aliphatic carbocycles. The Balaban J connectivity index is 0.000000248. The normalized spacial score (nSPS) is 10.5. The number of benzene rings is 10. The molecule has 130 heavy (non-hydrogen) atoms. The van der Waals surface area contributed by atoms with Crippen molar-refractivity contribution in [2.45, 2.75) is 92.8 Å². The maximum Gasteiger partial charge on any atom is 0.368 e. The molecule has 30 nitrogen and oxygen atoms in total. The number of hydrogen-bond donors (Lipinski definition) is 0. The Hall–Kier alpha value is -7.10. The summed E-state index contributed by atoms with van der Waals surface area (Å²) in [6, 6.07) is 51.7. The number of halogens is 11. The molecule has 0 N–H and O–H groups in total. The van der Waals surface area contributed by atoms with Crippen molar-refractivity contribution in [1.82, 2.24) is 99.0 Å². The van der Waals surface area contributed by atoms with Gasteiger partial charge in [0.2, 0.25) is 0 Å². The van der Waals surface area contributed by atoms with Crippen LogP contribution in [0.15, 0.2) is 176 Å². The minimum atomic E-state index is -0.567. The van der Waals surface area contributed by atoms with Gasteiger partial charge in [-0.1, -0.05) is 119 Å². The third kappa shape index (κ3) is 28.5. The summed E-state index contributed by atoms with van der Waals surface area (Å²) >= 11 is 32.2. The van der Waals surface area contributed by atoms with Crippen molar-refractivity contribution in [3.05, 3.63) is 342 Å². The monoisotopic (exact) mass is 2360 g/mol. The molecule has 0 atom stereocenters. The van der Waals surface area contributed by atoms with Crippen LogP contribution < -0.4 is 52.1 Å². The fraction of sp³-hybridized carbons (Fsp3) is 0.226. The smallest absolute Gasteiger partial charge is 0.368 e. The molecule has 0 fully saturated rings. The van der Waals surface area contributed by atoms with Crippen LogP contribution in [-0.4, -0.2) is 99.0 Å². The zero-order valence-corrected chi connectivity index (χ0v) is 90.9. The zero-order valence-electron chi connectivity index (χ0n) is 70.7. The fourth-order valence-corrected chi connectivity index (χ4v) is 13.5. The number of hydrogen-bond acceptors (Lipinski definition) is 20. The van der Waals surface area contributed by atoms with Crippen molar-refractivity contribution in [1.29, 1.82) is 0 Å². The van der Waals surface area contributed by atoms with Gasteiger partial charge in [-0.3, -0.25) is 0 Å². The Labute approximate surface area is 904 Å². The minimum Gasteiger partial charge on any atom is -0.513 e. The van der Waals surface area contributed by atoms with Gasteiger partial charge >= 0.3 is 28.4 Å². The summed E-state index contributed by atoms with van der Waals surface area (Å²) in [4.78, 5) is 60.9. The molecule has 5 radical (unpaired) electrons.